The molecular formula is C26H32BrN3O3S2. The Balaban J connectivity index is 1.62. The zero-order chi connectivity index (χ0) is 25.1. The fourth-order valence-corrected chi connectivity index (χ4v) is 5.75. The van der Waals surface area contributed by atoms with Crippen LogP contribution in [0.3, 0.4) is 0 Å². The van der Waals surface area contributed by atoms with E-state index < -0.39 is 10.0 Å². The van der Waals surface area contributed by atoms with Crippen molar-refractivity contribution in [3.63, 3.8) is 0 Å². The van der Waals surface area contributed by atoms with E-state index in [-0.39, 0.29) is 10.8 Å². The first-order valence-corrected chi connectivity index (χ1v) is 15.4. The summed E-state index contributed by atoms with van der Waals surface area (Å²) in [6.07, 6.45) is 7.77. The second kappa shape index (κ2) is 13.8. The number of amides is 1. The zero-order valence-corrected chi connectivity index (χ0v) is 23.1. The Morgan fingerprint density at radius 3 is 2.57 bits per heavy atom. The number of rotatable bonds is 14. The molecule has 1 heterocycles. The summed E-state index contributed by atoms with van der Waals surface area (Å²) < 4.78 is 28.5. The van der Waals surface area contributed by atoms with Crippen molar-refractivity contribution >= 4 is 54.0 Å². The highest BCUT2D eigenvalue weighted by Gasteiger charge is 2.15. The number of sulfonamides is 1. The van der Waals surface area contributed by atoms with E-state index in [4.69, 9.17) is 0 Å². The van der Waals surface area contributed by atoms with E-state index in [1.165, 1.54) is 17.8 Å². The van der Waals surface area contributed by atoms with E-state index in [1.54, 1.807) is 30.3 Å². The number of nitrogens with one attached hydrogen (secondary N) is 2. The van der Waals surface area contributed by atoms with Gasteiger partial charge in [-0.1, -0.05) is 66.4 Å². The molecule has 2 N–H and O–H groups in total. The lowest BCUT2D eigenvalue weighted by Gasteiger charge is -2.10. The van der Waals surface area contributed by atoms with Gasteiger partial charge in [0, 0.05) is 28.4 Å². The van der Waals surface area contributed by atoms with Crippen molar-refractivity contribution in [1.29, 1.82) is 0 Å². The molecule has 0 radical (unpaired) electrons. The Morgan fingerprint density at radius 1 is 1.03 bits per heavy atom. The van der Waals surface area contributed by atoms with E-state index in [9.17, 15) is 13.2 Å². The molecule has 0 saturated carbocycles. The lowest BCUT2D eigenvalue weighted by Crippen LogP contribution is -2.13. The molecule has 0 bridgehead atoms. The van der Waals surface area contributed by atoms with Gasteiger partial charge < -0.3 is 5.32 Å². The summed E-state index contributed by atoms with van der Waals surface area (Å²) in [5.41, 5.74) is 3.05. The molecule has 0 atom stereocenters. The van der Waals surface area contributed by atoms with Gasteiger partial charge >= 0.3 is 0 Å². The number of nitrogens with zero attached hydrogens (tertiary/aromatic N) is 1. The third kappa shape index (κ3) is 8.74. The molecule has 0 spiro atoms. The van der Waals surface area contributed by atoms with Gasteiger partial charge in [-0.3, -0.25) is 9.52 Å². The van der Waals surface area contributed by atoms with E-state index in [2.05, 4.69) is 37.9 Å². The topological polar surface area (TPSA) is 88.2 Å². The maximum Gasteiger partial charge on any atom is 0.261 e. The fourth-order valence-electron chi connectivity index (χ4n) is 3.57. The van der Waals surface area contributed by atoms with Crippen LogP contribution in [-0.2, 0) is 21.2 Å². The first-order valence-electron chi connectivity index (χ1n) is 11.9. The Bertz CT molecular complexity index is 1190. The molecule has 35 heavy (non-hydrogen) atoms. The van der Waals surface area contributed by atoms with Crippen molar-refractivity contribution in [3.05, 3.63) is 59.5 Å². The number of hydrogen-bond acceptors (Lipinski definition) is 5. The standard InChI is InChI=1S/C26H32BrN3O3S2/c1-2-3-5-9-20-13-15-23(16-14-20)35(32,33)30-22-11-8-10-21(18-22)24-19-34-26(28-24)29-25(31)12-6-4-7-17-27/h8,10-11,13-16,18-19,30H,2-7,9,12,17H2,1H3,(H,28,29,31). The molecule has 0 aliphatic rings. The second-order valence-electron chi connectivity index (χ2n) is 8.37. The zero-order valence-electron chi connectivity index (χ0n) is 19.9. The number of hydrogen-bond donors (Lipinski definition) is 2. The predicted octanol–water partition coefficient (Wildman–Crippen LogP) is 7.24. The largest absolute Gasteiger partial charge is 0.302 e. The Morgan fingerprint density at radius 2 is 1.83 bits per heavy atom. The highest BCUT2D eigenvalue weighted by atomic mass is 79.9. The monoisotopic (exact) mass is 577 g/mol. The number of halogens is 1. The summed E-state index contributed by atoms with van der Waals surface area (Å²) in [5, 5.41) is 6.19. The summed E-state index contributed by atoms with van der Waals surface area (Å²) >= 11 is 4.74. The molecule has 0 aliphatic heterocycles. The average Bonchev–Trinajstić information content (AvgIpc) is 3.31. The minimum absolute atomic E-state index is 0.0432. The lowest BCUT2D eigenvalue weighted by molar-refractivity contribution is -0.116. The smallest absolute Gasteiger partial charge is 0.261 e. The van der Waals surface area contributed by atoms with E-state index in [1.807, 2.05) is 23.6 Å². The summed E-state index contributed by atoms with van der Waals surface area (Å²) in [7, 11) is -3.71. The molecule has 3 rings (SSSR count). The second-order valence-corrected chi connectivity index (χ2v) is 11.7. The Kier molecular flexibility index (Phi) is 10.7. The summed E-state index contributed by atoms with van der Waals surface area (Å²) in [5.74, 6) is -0.0432. The maximum absolute atomic E-state index is 12.9. The number of anilines is 2. The number of aromatic nitrogens is 1. The third-order valence-corrected chi connectivity index (χ3v) is 8.22. The first kappa shape index (κ1) is 27.4. The first-order chi connectivity index (χ1) is 16.9. The number of alkyl halides is 1. The van der Waals surface area contributed by atoms with Gasteiger partial charge in [0.15, 0.2) is 5.13 Å². The normalized spacial score (nSPS) is 11.4. The van der Waals surface area contributed by atoms with Gasteiger partial charge in [-0.15, -0.1) is 11.3 Å². The molecule has 0 fully saturated rings. The predicted molar refractivity (Wildman–Crippen MR) is 149 cm³/mol. The van der Waals surface area contributed by atoms with Gasteiger partial charge in [-0.05, 0) is 55.5 Å². The van der Waals surface area contributed by atoms with Crippen molar-refractivity contribution in [2.24, 2.45) is 0 Å². The summed E-state index contributed by atoms with van der Waals surface area (Å²) in [4.78, 5) is 16.9. The van der Waals surface area contributed by atoms with Crippen LogP contribution in [0.15, 0.2) is 58.8 Å². The van der Waals surface area contributed by atoms with Gasteiger partial charge in [-0.25, -0.2) is 13.4 Å². The SMILES string of the molecule is CCCCCc1ccc(S(=O)(=O)Nc2cccc(-c3csc(NC(=O)CCCCCBr)n3)c2)cc1. The van der Waals surface area contributed by atoms with Crippen molar-refractivity contribution in [1.82, 2.24) is 4.98 Å². The van der Waals surface area contributed by atoms with Crippen molar-refractivity contribution < 1.29 is 13.2 Å². The van der Waals surface area contributed by atoms with Gasteiger partial charge in [0.05, 0.1) is 10.6 Å². The van der Waals surface area contributed by atoms with Crippen molar-refractivity contribution in [3.8, 4) is 11.3 Å². The van der Waals surface area contributed by atoms with Gasteiger partial charge in [-0.2, -0.15) is 0 Å². The van der Waals surface area contributed by atoms with Crippen LogP contribution in [0.2, 0.25) is 0 Å². The molecule has 6 nitrogen and oxygen atoms in total. The van der Waals surface area contributed by atoms with Crippen LogP contribution in [0.4, 0.5) is 10.8 Å². The molecule has 1 amide bonds. The highest BCUT2D eigenvalue weighted by molar-refractivity contribution is 9.09. The third-order valence-electron chi connectivity index (χ3n) is 5.50. The average molecular weight is 579 g/mol. The maximum atomic E-state index is 12.9. The number of carbonyl (C=O) groups is 1. The van der Waals surface area contributed by atoms with Crippen LogP contribution in [0, 0.1) is 0 Å². The van der Waals surface area contributed by atoms with Gasteiger partial charge in [0.2, 0.25) is 5.91 Å². The fraction of sp³-hybridized carbons (Fsp3) is 0.385. The summed E-state index contributed by atoms with van der Waals surface area (Å²) in [6.45, 7) is 2.16. The van der Waals surface area contributed by atoms with Crippen molar-refractivity contribution in [2.45, 2.75) is 63.2 Å². The van der Waals surface area contributed by atoms with Crippen molar-refractivity contribution in [2.75, 3.05) is 15.4 Å². The van der Waals surface area contributed by atoms with Crippen LogP contribution in [-0.4, -0.2) is 24.6 Å². The molecule has 0 unspecified atom stereocenters. The summed E-state index contributed by atoms with van der Waals surface area (Å²) in [6, 6.07) is 14.2. The lowest BCUT2D eigenvalue weighted by atomic mass is 10.1. The van der Waals surface area contributed by atoms with E-state index in [0.717, 1.165) is 55.0 Å². The number of unbranched alkanes of at least 4 members (excludes halogenated alkanes) is 4. The Labute approximate surface area is 220 Å². The van der Waals surface area contributed by atoms with E-state index >= 15 is 0 Å². The molecule has 3 aromatic rings. The minimum atomic E-state index is -3.71. The van der Waals surface area contributed by atoms with E-state index in [0.29, 0.717) is 22.9 Å². The molecule has 2 aromatic carbocycles. The Hall–Kier alpha value is -2.23. The highest BCUT2D eigenvalue weighted by Crippen LogP contribution is 2.28. The van der Waals surface area contributed by atoms with Gasteiger partial charge in [0.1, 0.15) is 0 Å². The number of aryl methyl sites for hydroxylation is 1. The number of thiazole rings is 1. The van der Waals surface area contributed by atoms with Crippen LogP contribution >= 0.6 is 27.3 Å². The van der Waals surface area contributed by atoms with Crippen LogP contribution in [0.5, 0.6) is 0 Å². The van der Waals surface area contributed by atoms with Crippen LogP contribution in [0.1, 0.15) is 57.4 Å². The van der Waals surface area contributed by atoms with Crippen LogP contribution in [0.25, 0.3) is 11.3 Å². The van der Waals surface area contributed by atoms with Crippen LogP contribution < -0.4 is 10.0 Å². The molecule has 9 heteroatoms. The molecule has 188 valence electrons. The van der Waals surface area contributed by atoms with Gasteiger partial charge in [0.25, 0.3) is 10.0 Å². The quantitative estimate of drug-likeness (QED) is 0.156. The number of benzene rings is 2. The molecule has 1 aromatic heterocycles. The molecule has 0 saturated heterocycles. The molecule has 0 aliphatic carbocycles. The minimum Gasteiger partial charge on any atom is -0.302 e. The number of carbonyl (C=O) groups excluding carboxylic acids is 1. The molecular weight excluding hydrogens is 546 g/mol.